The summed E-state index contributed by atoms with van der Waals surface area (Å²) in [5, 5.41) is 9.67. The first-order valence-corrected chi connectivity index (χ1v) is 11.1. The summed E-state index contributed by atoms with van der Waals surface area (Å²) in [4.78, 5) is 40.0. The van der Waals surface area contributed by atoms with Crippen molar-refractivity contribution < 1.29 is 29.0 Å². The van der Waals surface area contributed by atoms with E-state index < -0.39 is 23.2 Å². The summed E-state index contributed by atoms with van der Waals surface area (Å²) >= 11 is 0. The molecule has 2 N–H and O–H groups in total. The molecule has 1 saturated heterocycles. The number of rotatable bonds is 7. The van der Waals surface area contributed by atoms with Crippen molar-refractivity contribution in [2.24, 2.45) is 5.41 Å². The van der Waals surface area contributed by atoms with Crippen molar-refractivity contribution in [1.82, 2.24) is 15.1 Å². The van der Waals surface area contributed by atoms with Gasteiger partial charge in [-0.25, -0.2) is 9.59 Å². The number of aldehydes is 1. The summed E-state index contributed by atoms with van der Waals surface area (Å²) in [6.07, 6.45) is 0.526. The summed E-state index contributed by atoms with van der Waals surface area (Å²) in [6.45, 7) is 12.9. The predicted octanol–water partition coefficient (Wildman–Crippen LogP) is 2.92. The number of para-hydroxylation sites is 1. The molecule has 0 bridgehead atoms. The second-order valence-electron chi connectivity index (χ2n) is 9.51. The first-order chi connectivity index (χ1) is 15.5. The van der Waals surface area contributed by atoms with Crippen LogP contribution in [0, 0.1) is 5.41 Å². The van der Waals surface area contributed by atoms with Crippen LogP contribution in [0.3, 0.4) is 0 Å². The van der Waals surface area contributed by atoms with Crippen LogP contribution in [0.4, 0.5) is 9.59 Å². The highest BCUT2D eigenvalue weighted by Gasteiger charge is 2.32. The molecular formula is C24H39N3O6. The zero-order chi connectivity index (χ0) is 25.1. The second-order valence-corrected chi connectivity index (χ2v) is 9.51. The van der Waals surface area contributed by atoms with E-state index in [-0.39, 0.29) is 6.09 Å². The second kappa shape index (κ2) is 13.2. The number of benzene rings is 1. The van der Waals surface area contributed by atoms with Gasteiger partial charge in [0.05, 0.1) is 6.04 Å². The van der Waals surface area contributed by atoms with Gasteiger partial charge in [-0.1, -0.05) is 32.0 Å². The van der Waals surface area contributed by atoms with Crippen LogP contribution < -0.4 is 10.1 Å². The normalized spacial score (nSPS) is 15.5. The monoisotopic (exact) mass is 465 g/mol. The zero-order valence-electron chi connectivity index (χ0n) is 20.7. The van der Waals surface area contributed by atoms with Crippen LogP contribution in [-0.4, -0.2) is 84.9 Å². The van der Waals surface area contributed by atoms with Gasteiger partial charge in [0.15, 0.2) is 0 Å². The van der Waals surface area contributed by atoms with Gasteiger partial charge in [-0.05, 0) is 51.3 Å². The number of aliphatic hydroxyl groups is 1. The number of nitrogens with zero attached hydrogens (tertiary/aromatic N) is 2. The Morgan fingerprint density at radius 3 is 2.15 bits per heavy atom. The third-order valence-electron chi connectivity index (χ3n) is 5.30. The summed E-state index contributed by atoms with van der Waals surface area (Å²) in [5.41, 5.74) is -0.962. The lowest BCUT2D eigenvalue weighted by atomic mass is 9.81. The minimum atomic E-state index is -0.674. The maximum absolute atomic E-state index is 12.2. The molecule has 0 spiro atoms. The molecule has 1 atom stereocenters. The minimum absolute atomic E-state index is 0.283. The number of nitrogens with one attached hydrogen (secondary N) is 1. The topological polar surface area (TPSA) is 108 Å². The molecule has 1 aliphatic rings. The molecule has 186 valence electrons. The maximum Gasteiger partial charge on any atom is 0.413 e. The van der Waals surface area contributed by atoms with Crippen LogP contribution in [0.1, 0.15) is 41.0 Å². The number of ether oxygens (including phenoxy) is 2. The Morgan fingerprint density at radius 2 is 1.64 bits per heavy atom. The number of amides is 2. The molecule has 33 heavy (non-hydrogen) atoms. The molecule has 2 rings (SSSR count). The number of carbonyl (C=O) groups is 3. The minimum Gasteiger partial charge on any atom is -0.444 e. The van der Waals surface area contributed by atoms with E-state index >= 15 is 0 Å². The van der Waals surface area contributed by atoms with Gasteiger partial charge in [0.2, 0.25) is 0 Å². The summed E-state index contributed by atoms with van der Waals surface area (Å²) in [5.74, 6) is 0.422. The quantitative estimate of drug-likeness (QED) is 0.596. The van der Waals surface area contributed by atoms with Crippen molar-refractivity contribution in [1.29, 1.82) is 0 Å². The Hall–Kier alpha value is -2.65. The predicted molar refractivity (Wildman–Crippen MR) is 126 cm³/mol. The fourth-order valence-electron chi connectivity index (χ4n) is 3.25. The summed E-state index contributed by atoms with van der Waals surface area (Å²) in [6, 6.07) is 8.05. The Bertz CT molecular complexity index is 740. The van der Waals surface area contributed by atoms with Crippen molar-refractivity contribution >= 4 is 18.5 Å². The van der Waals surface area contributed by atoms with Crippen LogP contribution in [0.15, 0.2) is 30.3 Å². The van der Waals surface area contributed by atoms with Crippen LogP contribution in [0.25, 0.3) is 0 Å². The fraction of sp³-hybridized carbons (Fsp3) is 0.625. The van der Waals surface area contributed by atoms with Gasteiger partial charge < -0.3 is 29.6 Å². The Morgan fingerprint density at radius 1 is 1.06 bits per heavy atom. The van der Waals surface area contributed by atoms with E-state index in [9.17, 15) is 14.4 Å². The molecule has 1 fully saturated rings. The van der Waals surface area contributed by atoms with Crippen molar-refractivity contribution in [2.75, 3.05) is 39.8 Å². The van der Waals surface area contributed by atoms with E-state index in [1.54, 1.807) is 29.2 Å². The lowest BCUT2D eigenvalue weighted by Crippen LogP contribution is -2.52. The highest BCUT2D eigenvalue weighted by Crippen LogP contribution is 2.25. The zero-order valence-corrected chi connectivity index (χ0v) is 20.7. The largest absolute Gasteiger partial charge is 0.444 e. The lowest BCUT2D eigenvalue weighted by Gasteiger charge is -2.38. The first kappa shape index (κ1) is 28.4. The van der Waals surface area contributed by atoms with E-state index in [0.717, 1.165) is 33.0 Å². The van der Waals surface area contributed by atoms with E-state index in [0.29, 0.717) is 25.3 Å². The van der Waals surface area contributed by atoms with Gasteiger partial charge in [-0.15, -0.1) is 0 Å². The first-order valence-electron chi connectivity index (χ1n) is 11.1. The highest BCUT2D eigenvalue weighted by molar-refractivity contribution is 5.75. The molecule has 9 nitrogen and oxygen atoms in total. The molecular weight excluding hydrogens is 426 g/mol. The summed E-state index contributed by atoms with van der Waals surface area (Å²) in [7, 11) is 1.00. The molecule has 9 heteroatoms. The van der Waals surface area contributed by atoms with Crippen LogP contribution in [0.2, 0.25) is 0 Å². The molecule has 0 aromatic heterocycles. The Kier molecular flexibility index (Phi) is 11.3. The van der Waals surface area contributed by atoms with Gasteiger partial charge in [-0.2, -0.15) is 0 Å². The van der Waals surface area contributed by atoms with Crippen molar-refractivity contribution in [3.8, 4) is 5.75 Å². The van der Waals surface area contributed by atoms with Gasteiger partial charge >= 0.3 is 12.2 Å². The molecule has 1 heterocycles. The standard InChI is InChI=1S/C23H35N3O5.CH4O/c1-22(2,3)31-21(29)26-15-13-25(14-16-26)12-11-23(4,5)19(17-27)24-20(28)30-18-9-7-6-8-10-18;1-2/h6-10,17,19H,11-16H2,1-5H3,(H,24,28);2H,1H3. The molecule has 0 aliphatic carbocycles. The van der Waals surface area contributed by atoms with Gasteiger partial charge in [0.1, 0.15) is 17.6 Å². The van der Waals surface area contributed by atoms with Gasteiger partial charge in [0.25, 0.3) is 0 Å². The number of hydrogen-bond acceptors (Lipinski definition) is 7. The number of carbonyl (C=O) groups excluding carboxylic acids is 3. The SMILES string of the molecule is CC(C)(C)OC(=O)N1CCN(CCC(C)(C)C(C=O)NC(=O)Oc2ccccc2)CC1.CO. The smallest absolute Gasteiger partial charge is 0.413 e. The van der Waals surface area contributed by atoms with Crippen molar-refractivity contribution in [3.63, 3.8) is 0 Å². The van der Waals surface area contributed by atoms with Gasteiger partial charge in [0, 0.05) is 33.3 Å². The van der Waals surface area contributed by atoms with Crippen LogP contribution in [-0.2, 0) is 9.53 Å². The molecule has 1 aromatic rings. The summed E-state index contributed by atoms with van der Waals surface area (Å²) < 4.78 is 10.7. The lowest BCUT2D eigenvalue weighted by molar-refractivity contribution is -0.112. The van der Waals surface area contributed by atoms with E-state index in [1.807, 2.05) is 40.7 Å². The highest BCUT2D eigenvalue weighted by atomic mass is 16.6. The fourth-order valence-corrected chi connectivity index (χ4v) is 3.25. The number of hydrogen-bond donors (Lipinski definition) is 2. The van der Waals surface area contributed by atoms with Crippen molar-refractivity contribution in [3.05, 3.63) is 30.3 Å². The molecule has 1 unspecified atom stereocenters. The molecule has 0 saturated carbocycles. The van der Waals surface area contributed by atoms with Gasteiger partial charge in [-0.3, -0.25) is 4.90 Å². The van der Waals surface area contributed by atoms with E-state index in [1.165, 1.54) is 0 Å². The van der Waals surface area contributed by atoms with Crippen molar-refractivity contribution in [2.45, 2.75) is 52.7 Å². The Balaban J connectivity index is 0.00000265. The third kappa shape index (κ3) is 10.2. The van der Waals surface area contributed by atoms with Crippen LogP contribution >= 0.6 is 0 Å². The Labute approximate surface area is 197 Å². The van der Waals surface area contributed by atoms with E-state index in [4.69, 9.17) is 14.6 Å². The average Bonchev–Trinajstić information content (AvgIpc) is 2.77. The average molecular weight is 466 g/mol. The number of aliphatic hydroxyl groups excluding tert-OH is 1. The molecule has 0 radical (unpaired) electrons. The van der Waals surface area contributed by atoms with E-state index in [2.05, 4.69) is 10.2 Å². The molecule has 1 aliphatic heterocycles. The third-order valence-corrected chi connectivity index (χ3v) is 5.30. The molecule has 1 aromatic carbocycles. The molecule has 2 amide bonds. The maximum atomic E-state index is 12.2. The number of piperazine rings is 1. The van der Waals surface area contributed by atoms with Crippen LogP contribution in [0.5, 0.6) is 5.75 Å².